The summed E-state index contributed by atoms with van der Waals surface area (Å²) in [4.78, 5) is 0. The van der Waals surface area contributed by atoms with Gasteiger partial charge in [0.15, 0.2) is 0 Å². The maximum Gasteiger partial charge on any atom is 0.573 e. The molecule has 0 bridgehead atoms. The number of benzene rings is 1. The molecule has 0 aliphatic carbocycles. The average Bonchev–Trinajstić information content (AvgIpc) is 2.06. The van der Waals surface area contributed by atoms with Gasteiger partial charge in [-0.3, -0.25) is 0 Å². The topological polar surface area (TPSA) is 29.5 Å². The number of hydrogen-bond donors (Lipinski definition) is 1. The van der Waals surface area contributed by atoms with E-state index in [0.717, 1.165) is 6.07 Å². The lowest BCUT2D eigenvalue weighted by Gasteiger charge is -2.10. The molecule has 0 unspecified atom stereocenters. The van der Waals surface area contributed by atoms with Crippen LogP contribution in [0.1, 0.15) is 5.56 Å². The summed E-state index contributed by atoms with van der Waals surface area (Å²) in [7, 11) is 0. The van der Waals surface area contributed by atoms with Crippen molar-refractivity contribution in [2.75, 3.05) is 0 Å². The molecule has 1 aromatic rings. The smallest absolute Gasteiger partial charge is 0.405 e. The van der Waals surface area contributed by atoms with E-state index >= 15 is 0 Å². The van der Waals surface area contributed by atoms with Crippen molar-refractivity contribution >= 4 is 15.9 Å². The molecule has 2 nitrogen and oxygen atoms in total. The highest BCUT2D eigenvalue weighted by Gasteiger charge is 2.31. The first-order valence-electron chi connectivity index (χ1n) is 3.57. The van der Waals surface area contributed by atoms with Crippen LogP contribution in [0.2, 0.25) is 0 Å². The van der Waals surface area contributed by atoms with Crippen molar-refractivity contribution in [3.05, 3.63) is 28.2 Å². The summed E-state index contributed by atoms with van der Waals surface area (Å²) in [6.07, 6.45) is -4.71. The minimum atomic E-state index is -4.71. The van der Waals surface area contributed by atoms with Gasteiger partial charge >= 0.3 is 6.36 Å². The lowest BCUT2D eigenvalue weighted by Crippen LogP contribution is -2.17. The van der Waals surface area contributed by atoms with Gasteiger partial charge in [0.25, 0.3) is 0 Å². The number of aliphatic hydroxyl groups is 1. The molecule has 0 aliphatic rings. The summed E-state index contributed by atoms with van der Waals surface area (Å²) in [5.41, 5.74) is 0.506. The molecule has 0 saturated carbocycles. The van der Waals surface area contributed by atoms with Crippen LogP contribution < -0.4 is 4.74 Å². The lowest BCUT2D eigenvalue weighted by atomic mass is 10.2. The highest BCUT2D eigenvalue weighted by atomic mass is 79.9. The summed E-state index contributed by atoms with van der Waals surface area (Å²) in [6.45, 7) is -0.231. The second-order valence-corrected chi connectivity index (χ2v) is 3.33. The second-order valence-electron chi connectivity index (χ2n) is 2.47. The number of alkyl halides is 3. The van der Waals surface area contributed by atoms with E-state index in [0.29, 0.717) is 5.56 Å². The molecule has 0 aromatic heterocycles. The van der Waals surface area contributed by atoms with E-state index in [1.165, 1.54) is 12.1 Å². The van der Waals surface area contributed by atoms with Gasteiger partial charge in [-0.15, -0.1) is 13.2 Å². The van der Waals surface area contributed by atoms with Crippen LogP contribution in [-0.4, -0.2) is 11.5 Å². The number of ether oxygens (including phenoxy) is 1. The second kappa shape index (κ2) is 4.18. The van der Waals surface area contributed by atoms with Gasteiger partial charge in [-0.25, -0.2) is 0 Å². The zero-order valence-electron chi connectivity index (χ0n) is 6.81. The molecule has 1 aromatic carbocycles. The van der Waals surface area contributed by atoms with E-state index in [2.05, 4.69) is 20.7 Å². The molecule has 0 amide bonds. The van der Waals surface area contributed by atoms with Gasteiger partial charge in [0.05, 0.1) is 11.1 Å². The normalized spacial score (nSPS) is 11.5. The van der Waals surface area contributed by atoms with Crippen molar-refractivity contribution in [2.45, 2.75) is 13.0 Å². The maximum absolute atomic E-state index is 11.8. The van der Waals surface area contributed by atoms with Crippen LogP contribution in [0.15, 0.2) is 22.7 Å². The quantitative estimate of drug-likeness (QED) is 0.896. The van der Waals surface area contributed by atoms with E-state index in [1.54, 1.807) is 0 Å². The maximum atomic E-state index is 11.8. The predicted octanol–water partition coefficient (Wildman–Crippen LogP) is 2.84. The van der Waals surface area contributed by atoms with Crippen molar-refractivity contribution in [2.24, 2.45) is 0 Å². The third-order valence-corrected chi connectivity index (χ3v) is 2.02. The van der Waals surface area contributed by atoms with Crippen LogP contribution in [0.5, 0.6) is 5.75 Å². The summed E-state index contributed by atoms with van der Waals surface area (Å²) < 4.78 is 39.3. The number of rotatable bonds is 2. The van der Waals surface area contributed by atoms with E-state index in [-0.39, 0.29) is 16.8 Å². The molecule has 0 spiro atoms. The average molecular weight is 271 g/mol. The highest BCUT2D eigenvalue weighted by Crippen LogP contribution is 2.30. The van der Waals surface area contributed by atoms with Crippen LogP contribution in [0, 0.1) is 0 Å². The van der Waals surface area contributed by atoms with Gasteiger partial charge in [-0.2, -0.15) is 0 Å². The molecule has 0 saturated heterocycles. The fourth-order valence-electron chi connectivity index (χ4n) is 0.850. The fourth-order valence-corrected chi connectivity index (χ4v) is 1.36. The van der Waals surface area contributed by atoms with Crippen LogP contribution >= 0.6 is 15.9 Å². The third-order valence-electron chi connectivity index (χ3n) is 1.40. The van der Waals surface area contributed by atoms with E-state index in [1.807, 2.05) is 0 Å². The minimum Gasteiger partial charge on any atom is -0.405 e. The Morgan fingerprint density at radius 1 is 1.36 bits per heavy atom. The largest absolute Gasteiger partial charge is 0.573 e. The van der Waals surface area contributed by atoms with Crippen molar-refractivity contribution in [3.8, 4) is 5.75 Å². The van der Waals surface area contributed by atoms with Crippen molar-refractivity contribution in [1.29, 1.82) is 0 Å². The van der Waals surface area contributed by atoms with Gasteiger partial charge in [0, 0.05) is 0 Å². The van der Waals surface area contributed by atoms with Crippen LogP contribution in [-0.2, 0) is 6.61 Å². The summed E-state index contributed by atoms with van der Waals surface area (Å²) in [6, 6.07) is 3.86. The zero-order valence-corrected chi connectivity index (χ0v) is 8.39. The monoisotopic (exact) mass is 270 g/mol. The van der Waals surface area contributed by atoms with Crippen molar-refractivity contribution in [1.82, 2.24) is 0 Å². The lowest BCUT2D eigenvalue weighted by molar-refractivity contribution is -0.274. The van der Waals surface area contributed by atoms with Gasteiger partial charge in [0.1, 0.15) is 5.75 Å². The Bertz CT molecular complexity index is 325. The number of aliphatic hydroxyl groups excluding tert-OH is 1. The minimum absolute atomic E-state index is 0.154. The van der Waals surface area contributed by atoms with Crippen LogP contribution in [0.4, 0.5) is 13.2 Å². The molecule has 0 atom stereocenters. The van der Waals surface area contributed by atoms with Gasteiger partial charge in [0.2, 0.25) is 0 Å². The summed E-state index contributed by atoms with van der Waals surface area (Å²) >= 11 is 2.90. The Balaban J connectivity index is 2.89. The molecule has 0 fully saturated rings. The molecule has 1 rings (SSSR count). The summed E-state index contributed by atoms with van der Waals surface area (Å²) in [5, 5.41) is 8.70. The van der Waals surface area contributed by atoms with E-state index in [9.17, 15) is 13.2 Å². The van der Waals surface area contributed by atoms with E-state index < -0.39 is 6.36 Å². The predicted molar refractivity (Wildman–Crippen MR) is 46.7 cm³/mol. The first-order valence-corrected chi connectivity index (χ1v) is 4.36. The molecule has 0 aliphatic heterocycles. The van der Waals surface area contributed by atoms with Crippen molar-refractivity contribution < 1.29 is 23.0 Å². The Kier molecular flexibility index (Phi) is 3.38. The van der Waals surface area contributed by atoms with Gasteiger partial charge in [-0.1, -0.05) is 6.07 Å². The molecule has 78 valence electrons. The standard InChI is InChI=1S/C8H6BrF3O2/c9-6-3-5(4-13)1-2-7(6)14-8(10,11)12/h1-3,13H,4H2. The Morgan fingerprint density at radius 2 is 2.00 bits per heavy atom. The SMILES string of the molecule is OCc1ccc(OC(F)(F)F)c(Br)c1. The molecule has 14 heavy (non-hydrogen) atoms. The van der Waals surface area contributed by atoms with E-state index in [4.69, 9.17) is 5.11 Å². The number of halogens is 4. The first kappa shape index (κ1) is 11.3. The highest BCUT2D eigenvalue weighted by molar-refractivity contribution is 9.10. The van der Waals surface area contributed by atoms with Gasteiger partial charge < -0.3 is 9.84 Å². The Labute approximate surface area is 86.4 Å². The van der Waals surface area contributed by atoms with Crippen LogP contribution in [0.3, 0.4) is 0 Å². The Hall–Kier alpha value is -0.750. The first-order chi connectivity index (χ1) is 6.42. The molecule has 0 radical (unpaired) electrons. The molecular weight excluding hydrogens is 265 g/mol. The molecule has 0 heterocycles. The fraction of sp³-hybridized carbons (Fsp3) is 0.250. The zero-order chi connectivity index (χ0) is 10.8. The molecule has 6 heteroatoms. The Morgan fingerprint density at radius 3 is 2.43 bits per heavy atom. The van der Waals surface area contributed by atoms with Gasteiger partial charge in [-0.05, 0) is 33.6 Å². The molecule has 1 N–H and O–H groups in total. The summed E-state index contributed by atoms with van der Waals surface area (Å²) in [5.74, 6) is -0.324. The third kappa shape index (κ3) is 3.19. The van der Waals surface area contributed by atoms with Crippen LogP contribution in [0.25, 0.3) is 0 Å². The van der Waals surface area contributed by atoms with Crippen molar-refractivity contribution in [3.63, 3.8) is 0 Å². The molecular formula is C8H6BrF3O2. The number of hydrogen-bond acceptors (Lipinski definition) is 2.